The van der Waals surface area contributed by atoms with E-state index in [4.69, 9.17) is 0 Å². The largest absolute Gasteiger partial charge is 0.528 e. The normalized spacial score (nSPS) is 14.0. The molecule has 0 saturated heterocycles. The highest BCUT2D eigenvalue weighted by atomic mass is 31.1. The summed E-state index contributed by atoms with van der Waals surface area (Å²) in [5.74, 6) is -1.26. The fourth-order valence-electron chi connectivity index (χ4n) is 2.63. The van der Waals surface area contributed by atoms with Crippen LogP contribution in [0.3, 0.4) is 0 Å². The van der Waals surface area contributed by atoms with Gasteiger partial charge in [0.05, 0.1) is 0 Å². The van der Waals surface area contributed by atoms with E-state index in [-0.39, 0.29) is 6.42 Å². The Labute approximate surface area is 135 Å². The molecular weight excluding hydrogens is 313 g/mol. The van der Waals surface area contributed by atoms with Crippen LogP contribution in [0.15, 0.2) is 54.9 Å². The van der Waals surface area contributed by atoms with Crippen molar-refractivity contribution >= 4 is 14.0 Å². The average molecular weight is 332 g/mol. The first-order chi connectivity index (χ1) is 11.1. The lowest BCUT2D eigenvalue weighted by Gasteiger charge is -2.17. The number of rotatable bonds is 8. The Kier molecular flexibility index (Phi) is 5.97. The first kappa shape index (κ1) is 17.3. The molecule has 0 fully saturated rings. The molecule has 23 heavy (non-hydrogen) atoms. The topological polar surface area (TPSA) is 87.5 Å². The van der Waals surface area contributed by atoms with E-state index >= 15 is 0 Å². The van der Waals surface area contributed by atoms with E-state index in [0.717, 1.165) is 18.4 Å². The predicted octanol–water partition coefficient (Wildman–Crippen LogP) is 3.51. The highest BCUT2D eigenvalue weighted by Gasteiger charge is 2.57. The SMILES string of the molecule is O=C(O)C(CCCCc1cccnc1)(c1ccccc1)[P+](=O)O. The van der Waals surface area contributed by atoms with Gasteiger partial charge in [-0.15, -0.1) is 0 Å². The summed E-state index contributed by atoms with van der Waals surface area (Å²) in [6.07, 6.45) is 5.63. The number of hydrogen-bond acceptors (Lipinski definition) is 3. The standard InChI is InChI=1S/C17H18NO4P/c19-16(20)17(23(21)22,15-9-2-1-3-10-15)11-5-4-7-14-8-6-12-18-13-14/h1-3,6,8-10,12-13H,4-5,7,11H2,(H-,19,20,21,22)/p+1. The number of aliphatic carboxylic acids is 1. The zero-order valence-corrected chi connectivity index (χ0v) is 13.5. The van der Waals surface area contributed by atoms with E-state index in [9.17, 15) is 19.4 Å². The number of carboxylic acids is 1. The lowest BCUT2D eigenvalue weighted by Crippen LogP contribution is -2.32. The number of carbonyl (C=O) groups is 1. The summed E-state index contributed by atoms with van der Waals surface area (Å²) >= 11 is 0. The quantitative estimate of drug-likeness (QED) is 0.570. The molecule has 0 bridgehead atoms. The van der Waals surface area contributed by atoms with Crippen LogP contribution >= 0.6 is 8.03 Å². The molecule has 0 aliphatic heterocycles. The van der Waals surface area contributed by atoms with Gasteiger partial charge in [-0.25, -0.2) is 4.79 Å². The fraction of sp³-hybridized carbons (Fsp3) is 0.294. The molecule has 0 saturated carbocycles. The summed E-state index contributed by atoms with van der Waals surface area (Å²) in [7, 11) is -2.90. The maximum Gasteiger partial charge on any atom is 0.528 e. The molecule has 1 heterocycles. The molecule has 0 amide bonds. The summed E-state index contributed by atoms with van der Waals surface area (Å²) in [5, 5.41) is 7.87. The number of carboxylic acid groups (broad SMARTS) is 1. The van der Waals surface area contributed by atoms with Crippen molar-refractivity contribution in [1.82, 2.24) is 4.98 Å². The highest BCUT2D eigenvalue weighted by molar-refractivity contribution is 7.41. The third-order valence-electron chi connectivity index (χ3n) is 3.91. The van der Waals surface area contributed by atoms with Gasteiger partial charge in [-0.1, -0.05) is 36.4 Å². The van der Waals surface area contributed by atoms with Gasteiger partial charge in [-0.05, 0) is 35.5 Å². The van der Waals surface area contributed by atoms with Gasteiger partial charge in [0, 0.05) is 24.4 Å². The van der Waals surface area contributed by atoms with Crippen LogP contribution in [0, 0.1) is 0 Å². The summed E-state index contributed by atoms with van der Waals surface area (Å²) in [6, 6.07) is 12.1. The Morgan fingerprint density at radius 3 is 2.43 bits per heavy atom. The molecule has 1 aromatic heterocycles. The summed E-state index contributed by atoms with van der Waals surface area (Å²) in [6.45, 7) is 0. The van der Waals surface area contributed by atoms with Crippen molar-refractivity contribution in [3.8, 4) is 0 Å². The van der Waals surface area contributed by atoms with Gasteiger partial charge in [0.15, 0.2) is 0 Å². The van der Waals surface area contributed by atoms with E-state index in [2.05, 4.69) is 4.98 Å². The Balaban J connectivity index is 2.10. The molecule has 2 aromatic rings. The van der Waals surface area contributed by atoms with Crippen LogP contribution in [0.2, 0.25) is 0 Å². The van der Waals surface area contributed by atoms with Crippen molar-refractivity contribution in [3.63, 3.8) is 0 Å². The second-order valence-electron chi connectivity index (χ2n) is 5.37. The molecule has 2 N–H and O–H groups in total. The van der Waals surface area contributed by atoms with Crippen LogP contribution in [0.1, 0.15) is 30.4 Å². The first-order valence-corrected chi connectivity index (χ1v) is 8.62. The van der Waals surface area contributed by atoms with Gasteiger partial charge in [-0.3, -0.25) is 4.98 Å². The minimum Gasteiger partial charge on any atom is -0.477 e. The predicted molar refractivity (Wildman–Crippen MR) is 87.4 cm³/mol. The van der Waals surface area contributed by atoms with Gasteiger partial charge in [0.2, 0.25) is 0 Å². The second-order valence-corrected chi connectivity index (χ2v) is 6.68. The van der Waals surface area contributed by atoms with Crippen molar-refractivity contribution in [2.24, 2.45) is 0 Å². The van der Waals surface area contributed by atoms with Crippen LogP contribution < -0.4 is 0 Å². The van der Waals surface area contributed by atoms with Crippen molar-refractivity contribution in [2.75, 3.05) is 0 Å². The zero-order chi connectivity index (χ0) is 16.7. The van der Waals surface area contributed by atoms with Gasteiger partial charge in [0.25, 0.3) is 0 Å². The third-order valence-corrected chi connectivity index (χ3v) is 5.23. The Morgan fingerprint density at radius 1 is 1.13 bits per heavy atom. The molecule has 0 aliphatic carbocycles. The van der Waals surface area contributed by atoms with Crippen LogP contribution in [0.5, 0.6) is 0 Å². The monoisotopic (exact) mass is 332 g/mol. The summed E-state index contributed by atoms with van der Waals surface area (Å²) < 4.78 is 11.9. The van der Waals surface area contributed by atoms with Crippen LogP contribution in [-0.4, -0.2) is 21.0 Å². The molecular formula is C17H19NO4P+. The molecule has 6 heteroatoms. The van der Waals surface area contributed by atoms with Gasteiger partial charge in [-0.2, -0.15) is 4.89 Å². The minimum absolute atomic E-state index is 0.123. The van der Waals surface area contributed by atoms with Gasteiger partial charge in [0.1, 0.15) is 0 Å². The van der Waals surface area contributed by atoms with E-state index in [1.807, 2.05) is 12.1 Å². The fourth-order valence-corrected chi connectivity index (χ4v) is 3.52. The van der Waals surface area contributed by atoms with Crippen molar-refractivity contribution in [3.05, 3.63) is 66.0 Å². The Hall–Kier alpha value is -2.10. The average Bonchev–Trinajstić information content (AvgIpc) is 2.56. The molecule has 0 radical (unpaired) electrons. The molecule has 2 atom stereocenters. The number of aryl methyl sites for hydroxylation is 1. The third kappa shape index (κ3) is 4.01. The molecule has 5 nitrogen and oxygen atoms in total. The second kappa shape index (κ2) is 7.95. The molecule has 0 spiro atoms. The minimum atomic E-state index is -2.90. The van der Waals surface area contributed by atoms with Crippen LogP contribution in [-0.2, 0) is 20.9 Å². The zero-order valence-electron chi connectivity index (χ0n) is 12.6. The highest BCUT2D eigenvalue weighted by Crippen LogP contribution is 2.48. The number of aromatic nitrogens is 1. The number of hydrogen-bond donors (Lipinski definition) is 2. The number of nitrogens with zero attached hydrogens (tertiary/aromatic N) is 1. The smallest absolute Gasteiger partial charge is 0.477 e. The van der Waals surface area contributed by atoms with Gasteiger partial charge < -0.3 is 5.11 Å². The maximum atomic E-state index is 11.9. The molecule has 2 rings (SSSR count). The van der Waals surface area contributed by atoms with E-state index in [1.165, 1.54) is 0 Å². The lowest BCUT2D eigenvalue weighted by atomic mass is 9.91. The van der Waals surface area contributed by atoms with Crippen molar-refractivity contribution < 1.29 is 19.4 Å². The maximum absolute atomic E-state index is 11.9. The summed E-state index contributed by atoms with van der Waals surface area (Å²) in [4.78, 5) is 25.5. The van der Waals surface area contributed by atoms with Gasteiger partial charge >= 0.3 is 19.2 Å². The van der Waals surface area contributed by atoms with Crippen LogP contribution in [0.25, 0.3) is 0 Å². The number of pyridine rings is 1. The number of benzene rings is 1. The van der Waals surface area contributed by atoms with Crippen LogP contribution in [0.4, 0.5) is 0 Å². The lowest BCUT2D eigenvalue weighted by molar-refractivity contribution is -0.140. The molecule has 120 valence electrons. The Bertz CT molecular complexity index is 647. The van der Waals surface area contributed by atoms with Crippen molar-refractivity contribution in [1.29, 1.82) is 0 Å². The molecule has 2 unspecified atom stereocenters. The van der Waals surface area contributed by atoms with E-state index in [1.54, 1.807) is 42.7 Å². The van der Waals surface area contributed by atoms with E-state index in [0.29, 0.717) is 12.0 Å². The Morgan fingerprint density at radius 2 is 1.87 bits per heavy atom. The van der Waals surface area contributed by atoms with Crippen molar-refractivity contribution in [2.45, 2.75) is 30.8 Å². The van der Waals surface area contributed by atoms with E-state index < -0.39 is 19.2 Å². The molecule has 0 aliphatic rings. The molecule has 1 aromatic carbocycles. The summed E-state index contributed by atoms with van der Waals surface area (Å²) in [5.41, 5.74) is 1.44. The number of unbranched alkanes of at least 4 members (excludes halogenated alkanes) is 1. The first-order valence-electron chi connectivity index (χ1n) is 7.41.